The van der Waals surface area contributed by atoms with Crippen LogP contribution in [0.2, 0.25) is 0 Å². The van der Waals surface area contributed by atoms with Gasteiger partial charge in [0.15, 0.2) is 0 Å². The minimum Gasteiger partial charge on any atom is -0.122 e. The molecule has 3 aromatic rings. The maximum atomic E-state index is 2.32. The van der Waals surface area contributed by atoms with Crippen LogP contribution in [0.25, 0.3) is 10.8 Å². The first-order chi connectivity index (χ1) is 9.88. The Morgan fingerprint density at radius 3 is 2.10 bits per heavy atom. The normalized spacial score (nSPS) is 14.6. The van der Waals surface area contributed by atoms with E-state index in [1.807, 2.05) is 11.8 Å². The van der Waals surface area contributed by atoms with Crippen molar-refractivity contribution in [3.05, 3.63) is 77.9 Å². The van der Waals surface area contributed by atoms with Crippen molar-refractivity contribution < 1.29 is 0 Å². The molecule has 1 heteroatoms. The summed E-state index contributed by atoms with van der Waals surface area (Å²) < 4.78 is 0. The lowest BCUT2D eigenvalue weighted by Crippen LogP contribution is -2.00. The Hall–Kier alpha value is -1.73. The fraction of sp³-hybridized carbons (Fsp3) is 0.158. The summed E-state index contributed by atoms with van der Waals surface area (Å²) in [6, 6.07) is 24.3. The predicted molar refractivity (Wildman–Crippen MR) is 87.4 cm³/mol. The van der Waals surface area contributed by atoms with Crippen molar-refractivity contribution >= 4 is 22.5 Å². The lowest BCUT2D eigenvalue weighted by molar-refractivity contribution is 0.934. The van der Waals surface area contributed by atoms with Crippen LogP contribution in [0.4, 0.5) is 0 Å². The van der Waals surface area contributed by atoms with E-state index in [1.165, 1.54) is 39.6 Å². The number of thioether (sulfide) groups is 1. The van der Waals surface area contributed by atoms with Crippen LogP contribution < -0.4 is 0 Å². The summed E-state index contributed by atoms with van der Waals surface area (Å²) in [6.07, 6.45) is 2.40. The van der Waals surface area contributed by atoms with Crippen LogP contribution in [0.5, 0.6) is 0 Å². The van der Waals surface area contributed by atoms with Crippen molar-refractivity contribution in [1.82, 2.24) is 0 Å². The highest BCUT2D eigenvalue weighted by Gasteiger charge is 2.21. The second-order valence-electron chi connectivity index (χ2n) is 5.43. The van der Waals surface area contributed by atoms with E-state index < -0.39 is 0 Å². The van der Waals surface area contributed by atoms with Gasteiger partial charge in [-0.1, -0.05) is 54.6 Å². The van der Waals surface area contributed by atoms with E-state index in [2.05, 4.69) is 66.7 Å². The summed E-state index contributed by atoms with van der Waals surface area (Å²) in [5.41, 5.74) is 3.07. The zero-order valence-electron chi connectivity index (χ0n) is 11.3. The quantitative estimate of drug-likeness (QED) is 0.627. The lowest BCUT2D eigenvalue weighted by atomic mass is 10.1. The van der Waals surface area contributed by atoms with E-state index in [0.717, 1.165) is 0 Å². The molecule has 0 nitrogen and oxygen atoms in total. The van der Waals surface area contributed by atoms with Gasteiger partial charge in [0.05, 0.1) is 0 Å². The summed E-state index contributed by atoms with van der Waals surface area (Å²) in [6.45, 7) is 0. The molecular weight excluding hydrogens is 260 g/mol. The van der Waals surface area contributed by atoms with Crippen molar-refractivity contribution in [3.63, 3.8) is 0 Å². The number of hydrogen-bond acceptors (Lipinski definition) is 1. The molecule has 0 bridgehead atoms. The van der Waals surface area contributed by atoms with Gasteiger partial charge in [-0.15, -0.1) is 11.8 Å². The molecule has 0 atom stereocenters. The van der Waals surface area contributed by atoms with Crippen LogP contribution in [0.3, 0.4) is 0 Å². The van der Waals surface area contributed by atoms with Crippen LogP contribution in [0, 0.1) is 0 Å². The molecule has 0 radical (unpaired) electrons. The van der Waals surface area contributed by atoms with Crippen LogP contribution in [-0.4, -0.2) is 5.25 Å². The Balaban J connectivity index is 1.57. The molecule has 0 saturated heterocycles. The van der Waals surface area contributed by atoms with Gasteiger partial charge >= 0.3 is 0 Å². The Morgan fingerprint density at radius 2 is 1.35 bits per heavy atom. The van der Waals surface area contributed by atoms with Crippen LogP contribution in [0.15, 0.2) is 71.6 Å². The van der Waals surface area contributed by atoms with Gasteiger partial charge in [-0.25, -0.2) is 0 Å². The molecule has 0 aliphatic heterocycles. The Morgan fingerprint density at radius 1 is 0.700 bits per heavy atom. The molecule has 98 valence electrons. The highest BCUT2D eigenvalue weighted by molar-refractivity contribution is 8.00. The Bertz CT molecular complexity index is 735. The second kappa shape index (κ2) is 4.99. The van der Waals surface area contributed by atoms with Gasteiger partial charge in [-0.2, -0.15) is 0 Å². The van der Waals surface area contributed by atoms with Gasteiger partial charge in [0.2, 0.25) is 0 Å². The smallest absolute Gasteiger partial charge is 0.0175 e. The molecule has 20 heavy (non-hydrogen) atoms. The highest BCUT2D eigenvalue weighted by Crippen LogP contribution is 2.35. The monoisotopic (exact) mass is 276 g/mol. The molecule has 0 heterocycles. The average molecular weight is 276 g/mol. The minimum absolute atomic E-state index is 0.688. The second-order valence-corrected chi connectivity index (χ2v) is 6.80. The molecule has 0 aromatic heterocycles. The average Bonchev–Trinajstić information content (AvgIpc) is 2.89. The minimum atomic E-state index is 0.688. The maximum Gasteiger partial charge on any atom is 0.0175 e. The van der Waals surface area contributed by atoms with Crippen molar-refractivity contribution in [2.45, 2.75) is 23.0 Å². The lowest BCUT2D eigenvalue weighted by Gasteiger charge is -2.09. The first kappa shape index (κ1) is 12.0. The first-order valence-electron chi connectivity index (χ1n) is 7.11. The van der Waals surface area contributed by atoms with Crippen molar-refractivity contribution in [2.24, 2.45) is 0 Å². The third-order valence-electron chi connectivity index (χ3n) is 4.04. The van der Waals surface area contributed by atoms with E-state index in [1.54, 1.807) is 0 Å². The predicted octanol–water partition coefficient (Wildman–Crippen LogP) is 5.10. The maximum absolute atomic E-state index is 2.32. The highest BCUT2D eigenvalue weighted by atomic mass is 32.2. The topological polar surface area (TPSA) is 0 Å². The molecule has 0 amide bonds. The summed E-state index contributed by atoms with van der Waals surface area (Å²) in [4.78, 5) is 1.39. The molecule has 1 aliphatic carbocycles. The van der Waals surface area contributed by atoms with Crippen LogP contribution in [0.1, 0.15) is 11.1 Å². The number of rotatable bonds is 2. The molecule has 0 saturated carbocycles. The Kier molecular flexibility index (Phi) is 3.00. The van der Waals surface area contributed by atoms with Crippen molar-refractivity contribution in [1.29, 1.82) is 0 Å². The molecule has 0 fully saturated rings. The van der Waals surface area contributed by atoms with E-state index in [9.17, 15) is 0 Å². The van der Waals surface area contributed by atoms with Crippen molar-refractivity contribution in [2.75, 3.05) is 0 Å². The first-order valence-corrected chi connectivity index (χ1v) is 7.99. The van der Waals surface area contributed by atoms with Crippen molar-refractivity contribution in [3.8, 4) is 0 Å². The fourth-order valence-electron chi connectivity index (χ4n) is 3.03. The van der Waals surface area contributed by atoms with Gasteiger partial charge in [0.25, 0.3) is 0 Å². The Labute approximate surface area is 123 Å². The third-order valence-corrected chi connectivity index (χ3v) is 5.23. The zero-order chi connectivity index (χ0) is 13.4. The molecule has 3 aromatic carbocycles. The van der Waals surface area contributed by atoms with Crippen LogP contribution >= 0.6 is 11.8 Å². The van der Waals surface area contributed by atoms with E-state index in [-0.39, 0.29) is 0 Å². The largest absolute Gasteiger partial charge is 0.122 e. The summed E-state index contributed by atoms with van der Waals surface area (Å²) in [5, 5.41) is 3.35. The van der Waals surface area contributed by atoms with Gasteiger partial charge in [0.1, 0.15) is 0 Å². The summed E-state index contributed by atoms with van der Waals surface area (Å²) >= 11 is 2.02. The summed E-state index contributed by atoms with van der Waals surface area (Å²) in [5.74, 6) is 0. The molecular formula is C19H16S. The van der Waals surface area contributed by atoms with Crippen LogP contribution in [-0.2, 0) is 12.8 Å². The summed E-state index contributed by atoms with van der Waals surface area (Å²) in [7, 11) is 0. The molecule has 0 N–H and O–H groups in total. The number of hydrogen-bond donors (Lipinski definition) is 0. The number of fused-ring (bicyclic) bond motifs is 2. The number of benzene rings is 3. The van der Waals surface area contributed by atoms with Gasteiger partial charge in [-0.3, -0.25) is 0 Å². The zero-order valence-corrected chi connectivity index (χ0v) is 12.1. The third kappa shape index (κ3) is 2.23. The fourth-order valence-corrected chi connectivity index (χ4v) is 4.29. The standard InChI is InChI=1S/C19H16S/c1-2-6-15-11-18(10-9-14(15)5-1)20-19-12-16-7-3-4-8-17(16)13-19/h1-11,19H,12-13H2. The van der Waals surface area contributed by atoms with Gasteiger partial charge < -0.3 is 0 Å². The van der Waals surface area contributed by atoms with Gasteiger partial charge in [-0.05, 0) is 46.9 Å². The molecule has 0 unspecified atom stereocenters. The van der Waals surface area contributed by atoms with E-state index in [4.69, 9.17) is 0 Å². The molecule has 0 spiro atoms. The molecule has 4 rings (SSSR count). The van der Waals surface area contributed by atoms with E-state index in [0.29, 0.717) is 5.25 Å². The SMILES string of the molecule is c1ccc2c(c1)CC(Sc1ccc3ccccc3c1)C2. The molecule has 1 aliphatic rings. The van der Waals surface area contributed by atoms with E-state index >= 15 is 0 Å². The van der Waals surface area contributed by atoms with Gasteiger partial charge in [0, 0.05) is 10.1 Å².